The minimum absolute atomic E-state index is 0.269. The highest BCUT2D eigenvalue weighted by atomic mass is 16.4. The van der Waals surface area contributed by atoms with Crippen LogP contribution in [0.3, 0.4) is 0 Å². The van der Waals surface area contributed by atoms with Crippen molar-refractivity contribution in [1.82, 2.24) is 15.3 Å². The Morgan fingerprint density at radius 2 is 2.19 bits per heavy atom. The van der Waals surface area contributed by atoms with Crippen LogP contribution in [0.2, 0.25) is 0 Å². The Labute approximate surface area is 90.5 Å². The summed E-state index contributed by atoms with van der Waals surface area (Å²) in [5.74, 6) is -0.720. The van der Waals surface area contributed by atoms with E-state index in [-0.39, 0.29) is 11.6 Å². The molecule has 0 spiro atoms. The lowest BCUT2D eigenvalue weighted by molar-refractivity contribution is -0.139. The van der Waals surface area contributed by atoms with Gasteiger partial charge in [0.15, 0.2) is 0 Å². The van der Waals surface area contributed by atoms with Gasteiger partial charge in [-0.25, -0.2) is 4.79 Å². The third kappa shape index (κ3) is 4.09. The zero-order valence-corrected chi connectivity index (χ0v) is 8.53. The summed E-state index contributed by atoms with van der Waals surface area (Å²) >= 11 is 0. The van der Waals surface area contributed by atoms with E-state index in [1.54, 1.807) is 0 Å². The summed E-state index contributed by atoms with van der Waals surface area (Å²) in [6.45, 7) is 0.858. The first-order valence-corrected chi connectivity index (χ1v) is 4.84. The highest BCUT2D eigenvalue weighted by molar-refractivity contribution is 5.73. The van der Waals surface area contributed by atoms with Crippen molar-refractivity contribution >= 4 is 5.97 Å². The summed E-state index contributed by atoms with van der Waals surface area (Å²) in [5.41, 5.74) is -0.855. The molecule has 88 valence electrons. The van der Waals surface area contributed by atoms with E-state index in [0.29, 0.717) is 0 Å². The Kier molecular flexibility index (Phi) is 4.46. The Morgan fingerprint density at radius 1 is 1.44 bits per heavy atom. The normalized spacial score (nSPS) is 18.6. The van der Waals surface area contributed by atoms with Gasteiger partial charge in [-0.2, -0.15) is 0 Å². The number of carboxylic acids is 1. The van der Waals surface area contributed by atoms with Gasteiger partial charge in [-0.15, -0.1) is 0 Å². The zero-order chi connectivity index (χ0) is 12.0. The summed E-state index contributed by atoms with van der Waals surface area (Å²) < 4.78 is 0. The largest absolute Gasteiger partial charge is 0.480 e. The first-order chi connectivity index (χ1) is 7.59. The molecular formula is C9H13N3O4. The highest BCUT2D eigenvalue weighted by Crippen LogP contribution is 2.03. The van der Waals surface area contributed by atoms with Gasteiger partial charge in [0.25, 0.3) is 5.56 Å². The molecule has 0 aliphatic carbocycles. The Morgan fingerprint density at radius 3 is 2.50 bits per heavy atom. The van der Waals surface area contributed by atoms with E-state index in [1.807, 2.05) is 4.98 Å². The number of carboxylic acid groups (broad SMARTS) is 1. The molecule has 1 fully saturated rings. The SMILES string of the molecule is O=C(O)[C@@H]1CCCN1.O=c1cc[nH]c(=O)[nH]1. The third-order valence-electron chi connectivity index (χ3n) is 2.04. The van der Waals surface area contributed by atoms with E-state index < -0.39 is 11.7 Å². The Hall–Kier alpha value is -1.89. The number of rotatable bonds is 1. The molecule has 16 heavy (non-hydrogen) atoms. The number of carbonyl (C=O) groups is 1. The van der Waals surface area contributed by atoms with Crippen LogP contribution in [0.5, 0.6) is 0 Å². The van der Waals surface area contributed by atoms with Crippen LogP contribution in [0.1, 0.15) is 12.8 Å². The molecule has 0 amide bonds. The molecule has 0 unspecified atom stereocenters. The molecule has 1 aliphatic heterocycles. The maximum Gasteiger partial charge on any atom is 0.325 e. The van der Waals surface area contributed by atoms with Crippen molar-refractivity contribution in [1.29, 1.82) is 0 Å². The zero-order valence-electron chi connectivity index (χ0n) is 8.53. The average Bonchev–Trinajstić information content (AvgIpc) is 2.70. The number of hydrogen-bond acceptors (Lipinski definition) is 4. The molecule has 4 N–H and O–H groups in total. The number of aromatic nitrogens is 2. The van der Waals surface area contributed by atoms with Gasteiger partial charge in [0.05, 0.1) is 0 Å². The molecule has 1 saturated heterocycles. The van der Waals surface area contributed by atoms with E-state index >= 15 is 0 Å². The first-order valence-electron chi connectivity index (χ1n) is 4.84. The number of aromatic amines is 2. The van der Waals surface area contributed by atoms with Crippen LogP contribution in [0.25, 0.3) is 0 Å². The van der Waals surface area contributed by atoms with Gasteiger partial charge in [-0.3, -0.25) is 14.6 Å². The van der Waals surface area contributed by atoms with Crippen LogP contribution < -0.4 is 16.6 Å². The fraction of sp³-hybridized carbons (Fsp3) is 0.444. The van der Waals surface area contributed by atoms with Crippen LogP contribution in [0, 0.1) is 0 Å². The van der Waals surface area contributed by atoms with Crippen LogP contribution in [0.4, 0.5) is 0 Å². The smallest absolute Gasteiger partial charge is 0.325 e. The van der Waals surface area contributed by atoms with Crippen LogP contribution in [0.15, 0.2) is 21.9 Å². The Bertz CT molecular complexity index is 419. The van der Waals surface area contributed by atoms with E-state index in [1.165, 1.54) is 12.3 Å². The molecule has 0 radical (unpaired) electrons. The molecular weight excluding hydrogens is 214 g/mol. The standard InChI is InChI=1S/C5H9NO2.C4H4N2O2/c7-5(8)4-2-1-3-6-4;7-3-1-2-5-4(8)6-3/h4,6H,1-3H2,(H,7,8);1-2H,(H2,5,6,7,8)/t4-;/m0./s1. The Balaban J connectivity index is 0.000000160. The van der Waals surface area contributed by atoms with E-state index in [4.69, 9.17) is 5.11 Å². The van der Waals surface area contributed by atoms with Crippen molar-refractivity contribution in [2.75, 3.05) is 6.54 Å². The van der Waals surface area contributed by atoms with Crippen molar-refractivity contribution in [2.24, 2.45) is 0 Å². The number of hydrogen-bond donors (Lipinski definition) is 4. The monoisotopic (exact) mass is 227 g/mol. The molecule has 2 heterocycles. The molecule has 1 aliphatic rings. The lowest BCUT2D eigenvalue weighted by Crippen LogP contribution is -2.29. The first kappa shape index (κ1) is 12.2. The topological polar surface area (TPSA) is 115 Å². The fourth-order valence-electron chi connectivity index (χ4n) is 1.28. The lowest BCUT2D eigenvalue weighted by atomic mass is 10.2. The minimum Gasteiger partial charge on any atom is -0.480 e. The van der Waals surface area contributed by atoms with E-state index in [0.717, 1.165) is 19.4 Å². The minimum atomic E-state index is -0.720. The van der Waals surface area contributed by atoms with Gasteiger partial charge in [-0.05, 0) is 19.4 Å². The van der Waals surface area contributed by atoms with Crippen molar-refractivity contribution < 1.29 is 9.90 Å². The van der Waals surface area contributed by atoms with E-state index in [2.05, 4.69) is 10.3 Å². The second kappa shape index (κ2) is 5.86. The van der Waals surface area contributed by atoms with Gasteiger partial charge in [0.2, 0.25) is 0 Å². The summed E-state index contributed by atoms with van der Waals surface area (Å²) in [4.78, 5) is 34.8. The highest BCUT2D eigenvalue weighted by Gasteiger charge is 2.20. The van der Waals surface area contributed by atoms with Crippen molar-refractivity contribution in [3.8, 4) is 0 Å². The number of aliphatic carboxylic acids is 1. The summed E-state index contributed by atoms with van der Waals surface area (Å²) in [5, 5.41) is 11.2. The van der Waals surface area contributed by atoms with Gasteiger partial charge < -0.3 is 15.4 Å². The molecule has 0 saturated carbocycles. The molecule has 1 aromatic rings. The second-order valence-corrected chi connectivity index (χ2v) is 3.28. The molecule has 0 aromatic carbocycles. The van der Waals surface area contributed by atoms with Crippen molar-refractivity contribution in [3.05, 3.63) is 33.1 Å². The summed E-state index contributed by atoms with van der Waals surface area (Å²) in [6.07, 6.45) is 3.08. The van der Waals surface area contributed by atoms with Gasteiger partial charge in [-0.1, -0.05) is 0 Å². The second-order valence-electron chi connectivity index (χ2n) is 3.28. The van der Waals surface area contributed by atoms with Gasteiger partial charge >= 0.3 is 11.7 Å². The fourth-order valence-corrected chi connectivity index (χ4v) is 1.28. The summed E-state index contributed by atoms with van der Waals surface area (Å²) in [7, 11) is 0. The van der Waals surface area contributed by atoms with Crippen molar-refractivity contribution in [3.63, 3.8) is 0 Å². The predicted octanol–water partition coefficient (Wildman–Crippen LogP) is -1.11. The summed E-state index contributed by atoms with van der Waals surface area (Å²) in [6, 6.07) is 0.969. The average molecular weight is 227 g/mol. The molecule has 2 rings (SSSR count). The molecule has 1 atom stereocenters. The van der Waals surface area contributed by atoms with E-state index in [9.17, 15) is 14.4 Å². The van der Waals surface area contributed by atoms with Crippen LogP contribution >= 0.6 is 0 Å². The number of H-pyrrole nitrogens is 2. The molecule has 0 bridgehead atoms. The maximum atomic E-state index is 10.2. The van der Waals surface area contributed by atoms with Crippen LogP contribution in [-0.4, -0.2) is 33.6 Å². The predicted molar refractivity (Wildman–Crippen MR) is 56.3 cm³/mol. The molecule has 7 heteroatoms. The number of nitrogens with one attached hydrogen (secondary N) is 3. The van der Waals surface area contributed by atoms with Gasteiger partial charge in [0.1, 0.15) is 6.04 Å². The van der Waals surface area contributed by atoms with Crippen molar-refractivity contribution in [2.45, 2.75) is 18.9 Å². The lowest BCUT2D eigenvalue weighted by Gasteiger charge is -1.99. The van der Waals surface area contributed by atoms with Gasteiger partial charge in [0, 0.05) is 12.3 Å². The van der Waals surface area contributed by atoms with Crippen LogP contribution in [-0.2, 0) is 4.79 Å². The quantitative estimate of drug-likeness (QED) is 0.485. The molecule has 1 aromatic heterocycles. The third-order valence-corrected chi connectivity index (χ3v) is 2.04. The molecule has 7 nitrogen and oxygen atoms in total. The maximum absolute atomic E-state index is 10.2.